The normalized spacial score (nSPS) is 11.7. The lowest BCUT2D eigenvalue weighted by atomic mass is 9.97. The fourth-order valence-corrected chi connectivity index (χ4v) is 4.15. The van der Waals surface area contributed by atoms with E-state index < -0.39 is 0 Å². The number of nitrogens with zero attached hydrogens (tertiary/aromatic N) is 2. The molecule has 0 aliphatic heterocycles. The van der Waals surface area contributed by atoms with Gasteiger partial charge >= 0.3 is 0 Å². The van der Waals surface area contributed by atoms with Gasteiger partial charge in [-0.2, -0.15) is 0 Å². The zero-order valence-corrected chi connectivity index (χ0v) is 16.8. The maximum absolute atomic E-state index is 4.85. The van der Waals surface area contributed by atoms with E-state index in [2.05, 4.69) is 71.7 Å². The molecule has 3 nitrogen and oxygen atoms in total. The molecule has 5 aromatic carbocycles. The molecule has 0 aliphatic rings. The van der Waals surface area contributed by atoms with Crippen molar-refractivity contribution in [3.05, 3.63) is 109 Å². The second kappa shape index (κ2) is 7.22. The first-order chi connectivity index (χ1) is 15.3. The minimum Gasteiger partial charge on any atom is -0.338 e. The summed E-state index contributed by atoms with van der Waals surface area (Å²) in [4.78, 5) is 13.0. The maximum atomic E-state index is 4.85. The van der Waals surface area contributed by atoms with Crippen LogP contribution in [0.4, 0.5) is 5.69 Å². The van der Waals surface area contributed by atoms with Gasteiger partial charge in [-0.15, -0.1) is 0 Å². The van der Waals surface area contributed by atoms with E-state index in [0.29, 0.717) is 0 Å². The highest BCUT2D eigenvalue weighted by Crippen LogP contribution is 2.29. The van der Waals surface area contributed by atoms with Gasteiger partial charge in [-0.1, -0.05) is 72.8 Å². The van der Waals surface area contributed by atoms with Gasteiger partial charge in [0.2, 0.25) is 0 Å². The van der Waals surface area contributed by atoms with E-state index in [9.17, 15) is 0 Å². The van der Waals surface area contributed by atoms with Gasteiger partial charge in [0.25, 0.3) is 0 Å². The highest BCUT2D eigenvalue weighted by atomic mass is 14.9. The minimum atomic E-state index is 0.855. The second-order valence-corrected chi connectivity index (χ2v) is 7.64. The third-order valence-electron chi connectivity index (χ3n) is 5.66. The predicted molar refractivity (Wildman–Crippen MR) is 130 cm³/mol. The first kappa shape index (κ1) is 17.6. The van der Waals surface area contributed by atoms with E-state index >= 15 is 0 Å². The number of hydrogen-bond donors (Lipinski definition) is 1. The largest absolute Gasteiger partial charge is 0.338 e. The summed E-state index contributed by atoms with van der Waals surface area (Å²) in [6, 6.07) is 35.4. The summed E-state index contributed by atoms with van der Waals surface area (Å²) in [6.07, 6.45) is 1.99. The maximum Gasteiger partial charge on any atom is 0.138 e. The zero-order valence-electron chi connectivity index (χ0n) is 16.8. The third-order valence-corrected chi connectivity index (χ3v) is 5.66. The molecule has 146 valence electrons. The number of aliphatic imine (C=N–C) groups is 1. The van der Waals surface area contributed by atoms with Gasteiger partial charge in [-0.05, 0) is 51.9 Å². The van der Waals surface area contributed by atoms with Crippen molar-refractivity contribution in [3.8, 4) is 11.4 Å². The Kier molecular flexibility index (Phi) is 4.10. The van der Waals surface area contributed by atoms with Gasteiger partial charge in [-0.25, -0.2) is 4.98 Å². The molecule has 0 fully saturated rings. The zero-order chi connectivity index (χ0) is 20.6. The van der Waals surface area contributed by atoms with Crippen molar-refractivity contribution in [2.75, 3.05) is 0 Å². The van der Waals surface area contributed by atoms with Gasteiger partial charge in [0.05, 0.1) is 16.7 Å². The van der Waals surface area contributed by atoms with Crippen LogP contribution in [0.15, 0.2) is 108 Å². The van der Waals surface area contributed by atoms with Gasteiger partial charge < -0.3 is 4.98 Å². The molecule has 0 bridgehead atoms. The van der Waals surface area contributed by atoms with Crippen molar-refractivity contribution in [2.24, 2.45) is 4.99 Å². The lowest BCUT2D eigenvalue weighted by Gasteiger charge is -2.08. The number of imidazole rings is 1. The molecule has 1 N–H and O–H groups in total. The van der Waals surface area contributed by atoms with Crippen molar-refractivity contribution in [3.63, 3.8) is 0 Å². The molecule has 1 heterocycles. The first-order valence-corrected chi connectivity index (χ1v) is 10.3. The van der Waals surface area contributed by atoms with Crippen LogP contribution in [0.1, 0.15) is 5.56 Å². The van der Waals surface area contributed by atoms with Crippen molar-refractivity contribution in [2.45, 2.75) is 0 Å². The molecule has 0 amide bonds. The lowest BCUT2D eigenvalue weighted by molar-refractivity contribution is 1.33. The SMILES string of the molecule is C(=Nc1cccc(-c2nc3ccccc3[nH]2)c1)c1c2ccccc2cc2ccccc12. The summed E-state index contributed by atoms with van der Waals surface area (Å²) in [7, 11) is 0. The van der Waals surface area contributed by atoms with Crippen LogP contribution in [0.3, 0.4) is 0 Å². The monoisotopic (exact) mass is 397 g/mol. The molecule has 3 heteroatoms. The fourth-order valence-electron chi connectivity index (χ4n) is 4.15. The Labute approximate surface area is 179 Å². The number of aromatic amines is 1. The van der Waals surface area contributed by atoms with Crippen molar-refractivity contribution in [1.82, 2.24) is 9.97 Å². The molecular weight excluding hydrogens is 378 g/mol. The quantitative estimate of drug-likeness (QED) is 0.247. The Bertz CT molecular complexity index is 1500. The van der Waals surface area contributed by atoms with Crippen LogP contribution in [-0.4, -0.2) is 16.2 Å². The van der Waals surface area contributed by atoms with Crippen LogP contribution in [0.5, 0.6) is 0 Å². The Morgan fingerprint density at radius 1 is 0.677 bits per heavy atom. The van der Waals surface area contributed by atoms with Crippen LogP contribution in [0.25, 0.3) is 44.0 Å². The molecule has 0 spiro atoms. The molecule has 31 heavy (non-hydrogen) atoms. The topological polar surface area (TPSA) is 41.0 Å². The van der Waals surface area contributed by atoms with E-state index in [1.807, 2.05) is 42.6 Å². The van der Waals surface area contributed by atoms with Crippen LogP contribution in [-0.2, 0) is 0 Å². The van der Waals surface area contributed by atoms with Crippen LogP contribution in [0.2, 0.25) is 0 Å². The molecule has 6 aromatic rings. The number of hydrogen-bond acceptors (Lipinski definition) is 2. The number of para-hydroxylation sites is 2. The Hall–Kier alpha value is -4.24. The highest BCUT2D eigenvalue weighted by Gasteiger charge is 2.07. The fraction of sp³-hybridized carbons (Fsp3) is 0. The van der Waals surface area contributed by atoms with Gasteiger partial charge in [-0.3, -0.25) is 4.99 Å². The average Bonchev–Trinajstić information content (AvgIpc) is 3.26. The second-order valence-electron chi connectivity index (χ2n) is 7.64. The third kappa shape index (κ3) is 3.17. The Morgan fingerprint density at radius 2 is 1.39 bits per heavy atom. The molecule has 0 atom stereocenters. The number of rotatable bonds is 3. The molecule has 0 radical (unpaired) electrons. The molecule has 0 saturated carbocycles. The van der Waals surface area contributed by atoms with E-state index in [1.165, 1.54) is 21.5 Å². The summed E-state index contributed by atoms with van der Waals surface area (Å²) in [6.45, 7) is 0. The summed E-state index contributed by atoms with van der Waals surface area (Å²) in [5, 5.41) is 4.86. The summed E-state index contributed by atoms with van der Waals surface area (Å²) >= 11 is 0. The van der Waals surface area contributed by atoms with Crippen molar-refractivity contribution in [1.29, 1.82) is 0 Å². The average molecular weight is 397 g/mol. The molecule has 0 aliphatic carbocycles. The van der Waals surface area contributed by atoms with E-state index in [0.717, 1.165) is 33.7 Å². The van der Waals surface area contributed by atoms with Crippen LogP contribution in [0, 0.1) is 0 Å². The number of benzene rings is 5. The smallest absolute Gasteiger partial charge is 0.138 e. The van der Waals surface area contributed by atoms with Gasteiger partial charge in [0, 0.05) is 17.3 Å². The highest BCUT2D eigenvalue weighted by molar-refractivity contribution is 6.13. The van der Waals surface area contributed by atoms with E-state index in [4.69, 9.17) is 9.98 Å². The predicted octanol–water partition coefficient (Wildman–Crippen LogP) is 7.29. The van der Waals surface area contributed by atoms with E-state index in [-0.39, 0.29) is 0 Å². The number of nitrogens with one attached hydrogen (secondary N) is 1. The van der Waals surface area contributed by atoms with Gasteiger partial charge in [0.15, 0.2) is 0 Å². The summed E-state index contributed by atoms with van der Waals surface area (Å²) in [5.74, 6) is 0.855. The summed E-state index contributed by atoms with van der Waals surface area (Å²) in [5.41, 5.74) is 5.06. The van der Waals surface area contributed by atoms with Gasteiger partial charge in [0.1, 0.15) is 5.82 Å². The molecule has 1 aromatic heterocycles. The van der Waals surface area contributed by atoms with Crippen molar-refractivity contribution >= 4 is 44.5 Å². The number of fused-ring (bicyclic) bond motifs is 3. The first-order valence-electron chi connectivity index (χ1n) is 10.3. The Balaban J connectivity index is 1.45. The molecule has 0 saturated heterocycles. The minimum absolute atomic E-state index is 0.855. The van der Waals surface area contributed by atoms with Crippen molar-refractivity contribution < 1.29 is 0 Å². The van der Waals surface area contributed by atoms with Crippen LogP contribution >= 0.6 is 0 Å². The molecule has 0 unspecified atom stereocenters. The number of H-pyrrole nitrogens is 1. The summed E-state index contributed by atoms with van der Waals surface area (Å²) < 4.78 is 0. The molecule has 6 rings (SSSR count). The standard InChI is InChI=1S/C28H19N3/c1-3-12-23-19(8-1)16-20-9-2-4-13-24(20)25(23)18-29-22-11-7-10-21(17-22)28-30-26-14-5-6-15-27(26)31-28/h1-18H,(H,30,31). The Morgan fingerprint density at radius 3 is 2.16 bits per heavy atom. The number of aromatic nitrogens is 2. The molecular formula is C28H19N3. The lowest BCUT2D eigenvalue weighted by Crippen LogP contribution is -1.88. The van der Waals surface area contributed by atoms with E-state index in [1.54, 1.807) is 0 Å². The van der Waals surface area contributed by atoms with Crippen LogP contribution < -0.4 is 0 Å².